The van der Waals surface area contributed by atoms with Gasteiger partial charge in [-0.3, -0.25) is 18.9 Å². The Labute approximate surface area is 202 Å². The van der Waals surface area contributed by atoms with Crippen molar-refractivity contribution in [2.24, 2.45) is 0 Å². The van der Waals surface area contributed by atoms with E-state index in [1.165, 1.54) is 27.5 Å². The Hall–Kier alpha value is -3.76. The number of pyridine rings is 1. The van der Waals surface area contributed by atoms with Crippen LogP contribution in [0.3, 0.4) is 0 Å². The third-order valence-corrected chi connectivity index (χ3v) is 6.56. The summed E-state index contributed by atoms with van der Waals surface area (Å²) >= 11 is 6.52. The average molecular weight is 493 g/mol. The van der Waals surface area contributed by atoms with E-state index >= 15 is 0 Å². The van der Waals surface area contributed by atoms with Gasteiger partial charge in [0, 0.05) is 6.20 Å². The molecule has 1 aromatic carbocycles. The predicted octanol–water partition coefficient (Wildman–Crippen LogP) is 4.44. The topological polar surface area (TPSA) is 79.9 Å². The zero-order chi connectivity index (χ0) is 23.7. The van der Waals surface area contributed by atoms with Crippen LogP contribution in [0, 0.1) is 5.82 Å². The van der Waals surface area contributed by atoms with Crippen LogP contribution in [0.1, 0.15) is 16.9 Å². The minimum absolute atomic E-state index is 0.209. The van der Waals surface area contributed by atoms with Gasteiger partial charge >= 0.3 is 0 Å². The van der Waals surface area contributed by atoms with E-state index in [1.54, 1.807) is 54.9 Å². The molecule has 1 aliphatic rings. The lowest BCUT2D eigenvalue weighted by molar-refractivity contribution is -0.122. The van der Waals surface area contributed by atoms with Crippen LogP contribution in [0.5, 0.6) is 0 Å². The number of benzene rings is 1. The Bertz CT molecular complexity index is 1480. The smallest absolute Gasteiger partial charge is 0.267 e. The van der Waals surface area contributed by atoms with Gasteiger partial charge in [0.25, 0.3) is 11.5 Å². The van der Waals surface area contributed by atoms with E-state index in [1.807, 2.05) is 0 Å². The van der Waals surface area contributed by atoms with Gasteiger partial charge in [-0.1, -0.05) is 42.2 Å². The van der Waals surface area contributed by atoms with Crippen LogP contribution in [0.15, 0.2) is 81.2 Å². The molecule has 0 radical (unpaired) electrons. The molecule has 0 unspecified atom stereocenters. The molecule has 7 nitrogen and oxygen atoms in total. The van der Waals surface area contributed by atoms with Crippen molar-refractivity contribution in [2.75, 3.05) is 5.32 Å². The Morgan fingerprint density at radius 2 is 1.94 bits per heavy atom. The van der Waals surface area contributed by atoms with E-state index < -0.39 is 0 Å². The summed E-state index contributed by atoms with van der Waals surface area (Å²) < 4.78 is 20.4. The molecular formula is C24H17FN4O3S2. The zero-order valence-electron chi connectivity index (χ0n) is 17.6. The zero-order valence-corrected chi connectivity index (χ0v) is 19.2. The standard InChI is InChI=1S/C24H17FN4O3S2/c25-16-8-6-15(7-9-16)14-29-23(31)19(34-24(29)33)12-18-21(26-13-17-4-3-11-32-17)27-20-5-1-2-10-28(20)22(18)30/h1-12,26H,13-14H2/b19-12-. The molecule has 0 bridgehead atoms. The van der Waals surface area contributed by atoms with Crippen LogP contribution in [0.2, 0.25) is 0 Å². The van der Waals surface area contributed by atoms with Crippen molar-refractivity contribution in [1.82, 2.24) is 14.3 Å². The molecule has 4 aromatic rings. The number of amides is 1. The summed E-state index contributed by atoms with van der Waals surface area (Å²) in [5, 5.41) is 3.14. The number of anilines is 1. The highest BCUT2D eigenvalue weighted by molar-refractivity contribution is 8.26. The maximum absolute atomic E-state index is 13.3. The van der Waals surface area contributed by atoms with Crippen LogP contribution < -0.4 is 10.9 Å². The van der Waals surface area contributed by atoms with E-state index in [0.29, 0.717) is 33.0 Å². The molecule has 3 aromatic heterocycles. The fourth-order valence-electron chi connectivity index (χ4n) is 3.49. The lowest BCUT2D eigenvalue weighted by Crippen LogP contribution is -2.27. The molecule has 0 atom stereocenters. The van der Waals surface area contributed by atoms with E-state index in [0.717, 1.165) is 17.3 Å². The summed E-state index contributed by atoms with van der Waals surface area (Å²) in [4.78, 5) is 32.8. The molecule has 1 amide bonds. The van der Waals surface area contributed by atoms with Gasteiger partial charge in [0.05, 0.1) is 29.8 Å². The first-order chi connectivity index (χ1) is 16.5. The van der Waals surface area contributed by atoms with Crippen molar-refractivity contribution in [3.8, 4) is 0 Å². The predicted molar refractivity (Wildman–Crippen MR) is 133 cm³/mol. The van der Waals surface area contributed by atoms with Crippen molar-refractivity contribution < 1.29 is 13.6 Å². The Morgan fingerprint density at radius 1 is 1.12 bits per heavy atom. The molecular weight excluding hydrogens is 475 g/mol. The number of aromatic nitrogens is 2. The number of thioether (sulfide) groups is 1. The van der Waals surface area contributed by atoms with Crippen molar-refractivity contribution in [3.63, 3.8) is 0 Å². The van der Waals surface area contributed by atoms with Gasteiger partial charge in [-0.25, -0.2) is 9.37 Å². The second kappa shape index (κ2) is 9.24. The fraction of sp³-hybridized carbons (Fsp3) is 0.0833. The summed E-state index contributed by atoms with van der Waals surface area (Å²) in [6.07, 6.45) is 4.70. The van der Waals surface area contributed by atoms with E-state index in [-0.39, 0.29) is 29.4 Å². The third kappa shape index (κ3) is 4.37. The average Bonchev–Trinajstić information content (AvgIpc) is 3.45. The number of carbonyl (C=O) groups is 1. The molecule has 170 valence electrons. The van der Waals surface area contributed by atoms with Crippen molar-refractivity contribution in [1.29, 1.82) is 0 Å². The highest BCUT2D eigenvalue weighted by atomic mass is 32.2. The minimum atomic E-state index is -0.354. The first-order valence-corrected chi connectivity index (χ1v) is 11.5. The number of nitrogens with one attached hydrogen (secondary N) is 1. The molecule has 34 heavy (non-hydrogen) atoms. The lowest BCUT2D eigenvalue weighted by Gasteiger charge is -2.14. The third-order valence-electron chi connectivity index (χ3n) is 5.18. The Kier molecular flexibility index (Phi) is 5.99. The van der Waals surface area contributed by atoms with Gasteiger partial charge in [-0.2, -0.15) is 0 Å². The Balaban J connectivity index is 1.50. The molecule has 1 fully saturated rings. The second-order valence-electron chi connectivity index (χ2n) is 7.44. The molecule has 0 aliphatic carbocycles. The van der Waals surface area contributed by atoms with Crippen LogP contribution >= 0.6 is 24.0 Å². The monoisotopic (exact) mass is 492 g/mol. The minimum Gasteiger partial charge on any atom is -0.467 e. The normalized spacial score (nSPS) is 15.0. The van der Waals surface area contributed by atoms with Crippen LogP contribution in [-0.4, -0.2) is 24.5 Å². The number of nitrogens with zero attached hydrogens (tertiary/aromatic N) is 3. The Morgan fingerprint density at radius 3 is 2.71 bits per heavy atom. The van der Waals surface area contributed by atoms with Crippen LogP contribution in [-0.2, 0) is 17.9 Å². The van der Waals surface area contributed by atoms with E-state index in [9.17, 15) is 14.0 Å². The molecule has 10 heteroatoms. The summed E-state index contributed by atoms with van der Waals surface area (Å²) in [6, 6.07) is 14.7. The number of fused-ring (bicyclic) bond motifs is 1. The van der Waals surface area contributed by atoms with Gasteiger partial charge in [0.2, 0.25) is 0 Å². The summed E-state index contributed by atoms with van der Waals surface area (Å²) in [6.45, 7) is 0.523. The second-order valence-corrected chi connectivity index (χ2v) is 9.11. The summed E-state index contributed by atoms with van der Waals surface area (Å²) in [5.74, 6) is 0.324. The number of hydrogen-bond donors (Lipinski definition) is 1. The van der Waals surface area contributed by atoms with Gasteiger partial charge < -0.3 is 9.73 Å². The quantitative estimate of drug-likeness (QED) is 0.315. The maximum Gasteiger partial charge on any atom is 0.267 e. The number of thiocarbonyl (C=S) groups is 1. The van der Waals surface area contributed by atoms with Crippen LogP contribution in [0.4, 0.5) is 10.2 Å². The largest absolute Gasteiger partial charge is 0.467 e. The van der Waals surface area contributed by atoms with Crippen molar-refractivity contribution in [2.45, 2.75) is 13.1 Å². The number of furan rings is 1. The maximum atomic E-state index is 13.3. The molecule has 1 aliphatic heterocycles. The van der Waals surface area contributed by atoms with Crippen LogP contribution in [0.25, 0.3) is 11.7 Å². The molecule has 0 saturated carbocycles. The molecule has 5 rings (SSSR count). The number of carbonyl (C=O) groups excluding carboxylic acids is 1. The van der Waals surface area contributed by atoms with Gasteiger partial charge in [-0.05, 0) is 48.0 Å². The van der Waals surface area contributed by atoms with Crippen molar-refractivity contribution >= 4 is 51.7 Å². The summed E-state index contributed by atoms with van der Waals surface area (Å²) in [7, 11) is 0. The highest BCUT2D eigenvalue weighted by Gasteiger charge is 2.32. The number of hydrogen-bond acceptors (Lipinski definition) is 7. The van der Waals surface area contributed by atoms with Gasteiger partial charge in [-0.15, -0.1) is 0 Å². The molecule has 4 heterocycles. The summed E-state index contributed by atoms with van der Waals surface area (Å²) in [5.41, 5.74) is 1.12. The van der Waals surface area contributed by atoms with E-state index in [2.05, 4.69) is 10.3 Å². The SMILES string of the molecule is O=C1/C(=C/c2c(NCc3ccco3)nc3ccccn3c2=O)SC(=S)N1Cc1ccc(F)cc1. The lowest BCUT2D eigenvalue weighted by atomic mass is 10.2. The van der Waals surface area contributed by atoms with E-state index in [4.69, 9.17) is 16.6 Å². The molecule has 0 spiro atoms. The van der Waals surface area contributed by atoms with Gasteiger partial charge in [0.1, 0.15) is 27.4 Å². The fourth-order valence-corrected chi connectivity index (χ4v) is 4.73. The molecule has 1 N–H and O–H groups in total. The molecule has 1 saturated heterocycles. The highest BCUT2D eigenvalue weighted by Crippen LogP contribution is 2.34. The first kappa shape index (κ1) is 22.1. The number of halogens is 1. The van der Waals surface area contributed by atoms with Gasteiger partial charge in [0.15, 0.2) is 0 Å². The number of rotatable bonds is 6. The first-order valence-electron chi connectivity index (χ1n) is 10.3. The van der Waals surface area contributed by atoms with Crippen molar-refractivity contribution in [3.05, 3.63) is 105 Å².